The summed E-state index contributed by atoms with van der Waals surface area (Å²) >= 11 is 0. The first-order valence-corrected chi connectivity index (χ1v) is 6.26. The molecule has 1 saturated heterocycles. The average Bonchev–Trinajstić information content (AvgIpc) is 2.68. The third kappa shape index (κ3) is 1.73. The van der Waals surface area contributed by atoms with E-state index >= 15 is 0 Å². The predicted octanol–water partition coefficient (Wildman–Crippen LogP) is 3.09. The maximum absolute atomic E-state index is 4.40. The number of rotatable bonds is 1. The highest BCUT2D eigenvalue weighted by Crippen LogP contribution is 2.38. The second kappa shape index (κ2) is 3.81. The molecule has 0 radical (unpaired) electrons. The molecule has 1 N–H and O–H groups in total. The van der Waals surface area contributed by atoms with Crippen LogP contribution in [0.5, 0.6) is 0 Å². The van der Waals surface area contributed by atoms with Crippen LogP contribution in [0, 0.1) is 0 Å². The molecule has 1 fully saturated rings. The van der Waals surface area contributed by atoms with Crippen molar-refractivity contribution in [3.8, 4) is 0 Å². The van der Waals surface area contributed by atoms with Crippen molar-refractivity contribution in [3.63, 3.8) is 0 Å². The van der Waals surface area contributed by atoms with Crippen LogP contribution in [0.2, 0.25) is 0 Å². The van der Waals surface area contributed by atoms with Crippen LogP contribution < -0.4 is 5.32 Å². The highest BCUT2D eigenvalue weighted by Gasteiger charge is 2.35. The molecular formula is C15H18N2. The monoisotopic (exact) mass is 226 g/mol. The lowest BCUT2D eigenvalue weighted by Crippen LogP contribution is -2.36. The molecule has 2 aromatic rings. The van der Waals surface area contributed by atoms with Crippen molar-refractivity contribution < 1.29 is 0 Å². The first-order valence-electron chi connectivity index (χ1n) is 6.26. The Balaban J connectivity index is 2.17. The number of nitrogens with zero attached hydrogens (tertiary/aromatic N) is 1. The van der Waals surface area contributed by atoms with Crippen molar-refractivity contribution in [2.24, 2.45) is 0 Å². The number of aromatic nitrogens is 1. The first kappa shape index (κ1) is 10.7. The van der Waals surface area contributed by atoms with Crippen molar-refractivity contribution in [2.75, 3.05) is 6.54 Å². The van der Waals surface area contributed by atoms with Gasteiger partial charge in [-0.3, -0.25) is 4.98 Å². The summed E-state index contributed by atoms with van der Waals surface area (Å²) in [6, 6.07) is 8.54. The molecule has 0 aliphatic carbocycles. The molecule has 0 saturated carbocycles. The second-order valence-electron chi connectivity index (χ2n) is 5.44. The largest absolute Gasteiger partial charge is 0.311 e. The van der Waals surface area contributed by atoms with Gasteiger partial charge in [0.15, 0.2) is 0 Å². The van der Waals surface area contributed by atoms with Crippen LogP contribution in [0.1, 0.15) is 31.7 Å². The van der Waals surface area contributed by atoms with Crippen LogP contribution in [0.3, 0.4) is 0 Å². The van der Waals surface area contributed by atoms with Gasteiger partial charge >= 0.3 is 0 Å². The zero-order valence-corrected chi connectivity index (χ0v) is 10.4. The van der Waals surface area contributed by atoms with Gasteiger partial charge in [0.25, 0.3) is 0 Å². The Hall–Kier alpha value is -1.41. The van der Waals surface area contributed by atoms with Gasteiger partial charge in [-0.15, -0.1) is 0 Å². The zero-order valence-electron chi connectivity index (χ0n) is 10.4. The number of hydrogen-bond donors (Lipinski definition) is 1. The number of hydrogen-bond acceptors (Lipinski definition) is 2. The Morgan fingerprint density at radius 2 is 2.06 bits per heavy atom. The molecule has 17 heavy (non-hydrogen) atoms. The average molecular weight is 226 g/mol. The van der Waals surface area contributed by atoms with Gasteiger partial charge in [-0.2, -0.15) is 0 Å². The van der Waals surface area contributed by atoms with E-state index in [1.165, 1.54) is 22.8 Å². The van der Waals surface area contributed by atoms with Gasteiger partial charge in [0.2, 0.25) is 0 Å². The van der Waals surface area contributed by atoms with E-state index in [1.54, 1.807) is 0 Å². The van der Waals surface area contributed by atoms with E-state index < -0.39 is 0 Å². The lowest BCUT2D eigenvalue weighted by atomic mass is 9.82. The summed E-state index contributed by atoms with van der Waals surface area (Å²) in [5.41, 5.74) is 1.56. The molecule has 1 unspecified atom stereocenters. The Labute approximate surface area is 102 Å². The fourth-order valence-corrected chi connectivity index (χ4v) is 2.98. The lowest BCUT2D eigenvalue weighted by Gasteiger charge is -2.28. The summed E-state index contributed by atoms with van der Waals surface area (Å²) in [6.07, 6.45) is 5.19. The molecule has 1 aliphatic rings. The quantitative estimate of drug-likeness (QED) is 0.808. The summed E-state index contributed by atoms with van der Waals surface area (Å²) in [5, 5.41) is 6.18. The molecule has 0 bridgehead atoms. The van der Waals surface area contributed by atoms with E-state index in [0.717, 1.165) is 6.54 Å². The topological polar surface area (TPSA) is 24.9 Å². The fraction of sp³-hybridized carbons (Fsp3) is 0.400. The summed E-state index contributed by atoms with van der Waals surface area (Å²) in [5.74, 6) is 0.557. The highest BCUT2D eigenvalue weighted by molar-refractivity contribution is 5.85. The summed E-state index contributed by atoms with van der Waals surface area (Å²) in [7, 11) is 0. The highest BCUT2D eigenvalue weighted by atomic mass is 15.0. The number of nitrogens with one attached hydrogen (secondary N) is 1. The minimum atomic E-state index is 0.172. The van der Waals surface area contributed by atoms with Crippen LogP contribution in [0.4, 0.5) is 0 Å². The molecule has 0 amide bonds. The second-order valence-corrected chi connectivity index (χ2v) is 5.44. The minimum Gasteiger partial charge on any atom is -0.311 e. The van der Waals surface area contributed by atoms with E-state index in [9.17, 15) is 0 Å². The van der Waals surface area contributed by atoms with E-state index in [0.29, 0.717) is 5.92 Å². The molecule has 2 nitrogen and oxygen atoms in total. The summed E-state index contributed by atoms with van der Waals surface area (Å²) in [4.78, 5) is 4.40. The number of pyridine rings is 1. The van der Waals surface area contributed by atoms with E-state index in [2.05, 4.69) is 48.4 Å². The van der Waals surface area contributed by atoms with Crippen LogP contribution in [-0.4, -0.2) is 17.1 Å². The van der Waals surface area contributed by atoms with Crippen LogP contribution in [0.15, 0.2) is 36.7 Å². The van der Waals surface area contributed by atoms with Gasteiger partial charge in [0.1, 0.15) is 0 Å². The molecular weight excluding hydrogens is 208 g/mol. The standard InChI is InChI=1S/C15H18N2/c1-15(2)14(7-8-17-15)13-10-16-9-11-5-3-4-6-12(11)13/h3-6,9-10,14,17H,7-8H2,1-2H3. The molecule has 1 aromatic carbocycles. The van der Waals surface area contributed by atoms with Gasteiger partial charge in [0, 0.05) is 29.2 Å². The minimum absolute atomic E-state index is 0.172. The van der Waals surface area contributed by atoms with E-state index in [-0.39, 0.29) is 5.54 Å². The number of benzene rings is 1. The SMILES string of the molecule is CC1(C)NCCC1c1cncc2ccccc12. The molecule has 1 atom stereocenters. The summed E-state index contributed by atoms with van der Waals surface area (Å²) < 4.78 is 0. The normalized spacial score (nSPS) is 23.1. The predicted molar refractivity (Wildman–Crippen MR) is 71.2 cm³/mol. The Kier molecular flexibility index (Phi) is 2.40. The molecule has 3 rings (SSSR count). The molecule has 88 valence electrons. The Morgan fingerprint density at radius 1 is 1.24 bits per heavy atom. The molecule has 2 heteroatoms. The van der Waals surface area contributed by atoms with Gasteiger partial charge in [-0.25, -0.2) is 0 Å². The van der Waals surface area contributed by atoms with Crippen LogP contribution in [0.25, 0.3) is 10.8 Å². The van der Waals surface area contributed by atoms with Crippen molar-refractivity contribution in [1.29, 1.82) is 0 Å². The molecule has 1 aliphatic heterocycles. The van der Waals surface area contributed by atoms with Crippen LogP contribution in [-0.2, 0) is 0 Å². The number of fused-ring (bicyclic) bond motifs is 1. The zero-order chi connectivity index (χ0) is 11.9. The first-order chi connectivity index (χ1) is 8.18. The van der Waals surface area contributed by atoms with Crippen molar-refractivity contribution in [3.05, 3.63) is 42.2 Å². The van der Waals surface area contributed by atoms with Gasteiger partial charge in [-0.05, 0) is 37.8 Å². The third-order valence-electron chi connectivity index (χ3n) is 3.96. The van der Waals surface area contributed by atoms with Gasteiger partial charge in [-0.1, -0.05) is 24.3 Å². The molecule has 2 heterocycles. The maximum atomic E-state index is 4.40. The van der Waals surface area contributed by atoms with Crippen molar-refractivity contribution in [2.45, 2.75) is 31.7 Å². The van der Waals surface area contributed by atoms with Gasteiger partial charge in [0.05, 0.1) is 0 Å². The third-order valence-corrected chi connectivity index (χ3v) is 3.96. The Bertz CT molecular complexity index is 540. The fourth-order valence-electron chi connectivity index (χ4n) is 2.98. The molecule has 1 aromatic heterocycles. The summed E-state index contributed by atoms with van der Waals surface area (Å²) in [6.45, 7) is 5.67. The van der Waals surface area contributed by atoms with E-state index in [4.69, 9.17) is 0 Å². The Morgan fingerprint density at radius 3 is 2.82 bits per heavy atom. The van der Waals surface area contributed by atoms with Gasteiger partial charge < -0.3 is 5.32 Å². The van der Waals surface area contributed by atoms with Crippen LogP contribution >= 0.6 is 0 Å². The van der Waals surface area contributed by atoms with E-state index in [1.807, 2.05) is 12.4 Å². The maximum Gasteiger partial charge on any atom is 0.0346 e. The van der Waals surface area contributed by atoms with Crippen molar-refractivity contribution >= 4 is 10.8 Å². The van der Waals surface area contributed by atoms with Crippen molar-refractivity contribution in [1.82, 2.24) is 10.3 Å². The lowest BCUT2D eigenvalue weighted by molar-refractivity contribution is 0.412. The smallest absolute Gasteiger partial charge is 0.0346 e. The molecule has 0 spiro atoms.